The number of hydrogen-bond donors (Lipinski definition) is 2. The zero-order valence-electron chi connectivity index (χ0n) is 22.1. The van der Waals surface area contributed by atoms with Crippen molar-refractivity contribution >= 4 is 11.8 Å². The van der Waals surface area contributed by atoms with Crippen LogP contribution in [0.1, 0.15) is 17.0 Å². The van der Waals surface area contributed by atoms with Crippen LogP contribution in [0.4, 0.5) is 19.4 Å². The molecule has 4 aromatic rings. The number of ether oxygens (including phenoxy) is 1. The number of benzene rings is 2. The zero-order valence-corrected chi connectivity index (χ0v) is 22.1. The summed E-state index contributed by atoms with van der Waals surface area (Å²) in [6.45, 7) is 4.08. The molecule has 1 saturated heterocycles. The molecule has 5 rings (SSSR count). The lowest BCUT2D eigenvalue weighted by molar-refractivity contribution is 0.159. The zero-order chi connectivity index (χ0) is 27.5. The quantitative estimate of drug-likeness (QED) is 0.355. The van der Waals surface area contributed by atoms with Gasteiger partial charge in [0.1, 0.15) is 23.1 Å². The van der Waals surface area contributed by atoms with E-state index in [0.717, 1.165) is 22.9 Å². The Kier molecular flexibility index (Phi) is 7.71. The summed E-state index contributed by atoms with van der Waals surface area (Å²) in [6.07, 6.45) is 3.59. The Morgan fingerprint density at radius 2 is 1.87 bits per heavy atom. The van der Waals surface area contributed by atoms with Crippen LogP contribution in [-0.2, 0) is 11.8 Å². The molecule has 0 saturated carbocycles. The summed E-state index contributed by atoms with van der Waals surface area (Å²) in [5, 5.41) is 15.1. The first-order valence-electron chi connectivity index (χ1n) is 12.7. The third kappa shape index (κ3) is 5.84. The molecule has 0 bridgehead atoms. The number of nitrogens with zero attached hydrogens (tertiary/aromatic N) is 5. The number of nitrogens with one attached hydrogen (secondary N) is 2. The van der Waals surface area contributed by atoms with Crippen molar-refractivity contribution in [2.75, 3.05) is 38.7 Å². The van der Waals surface area contributed by atoms with E-state index >= 15 is 0 Å². The van der Waals surface area contributed by atoms with Crippen LogP contribution in [0.2, 0.25) is 0 Å². The molecule has 1 aliphatic rings. The maximum atomic E-state index is 14.1. The molecule has 0 spiro atoms. The van der Waals surface area contributed by atoms with Crippen molar-refractivity contribution in [3.05, 3.63) is 83.7 Å². The first-order chi connectivity index (χ1) is 18.8. The van der Waals surface area contributed by atoms with Crippen molar-refractivity contribution in [3.8, 4) is 16.9 Å². The van der Waals surface area contributed by atoms with E-state index in [1.165, 1.54) is 12.1 Å². The summed E-state index contributed by atoms with van der Waals surface area (Å²) in [6, 6.07) is 12.2. The van der Waals surface area contributed by atoms with Gasteiger partial charge in [0.2, 0.25) is 0 Å². The lowest BCUT2D eigenvalue weighted by Crippen LogP contribution is -2.42. The average Bonchev–Trinajstić information content (AvgIpc) is 3.60. The number of aromatic nitrogens is 4. The van der Waals surface area contributed by atoms with Gasteiger partial charge in [0.05, 0.1) is 24.5 Å². The number of anilines is 1. The third-order valence-electron chi connectivity index (χ3n) is 6.97. The summed E-state index contributed by atoms with van der Waals surface area (Å²) in [5.74, 6) is -1.08. The number of rotatable bonds is 8. The van der Waals surface area contributed by atoms with Gasteiger partial charge in [0.15, 0.2) is 0 Å². The molecule has 39 heavy (non-hydrogen) atoms. The third-order valence-corrected chi connectivity index (χ3v) is 6.97. The standard InChI is InChI=1S/C28H31F2N7O2/c1-18-26(20-14-31-35(2)15-20)34-37(23-7-5-4-6-8-23)27(18)33-28(38)32-25-17-36(9-10-39-3)16-24(25)19-11-21(29)13-22(30)12-19/h4-8,11-15,24-25H,9-10,16-17H2,1-3H3,(H2,32,33,38)/t24-,25+/m0/s1. The number of methoxy groups -OCH3 is 1. The largest absolute Gasteiger partial charge is 0.383 e. The van der Waals surface area contributed by atoms with Crippen molar-refractivity contribution in [3.63, 3.8) is 0 Å². The summed E-state index contributed by atoms with van der Waals surface area (Å²) >= 11 is 0. The average molecular weight is 536 g/mol. The number of hydrogen-bond acceptors (Lipinski definition) is 5. The topological polar surface area (TPSA) is 89.2 Å². The highest BCUT2D eigenvalue weighted by Gasteiger charge is 2.35. The fourth-order valence-electron chi connectivity index (χ4n) is 5.09. The van der Waals surface area contributed by atoms with E-state index in [2.05, 4.69) is 20.6 Å². The normalized spacial score (nSPS) is 17.5. The number of halogens is 2. The minimum Gasteiger partial charge on any atom is -0.383 e. The fraction of sp³-hybridized carbons (Fsp3) is 0.321. The Morgan fingerprint density at radius 3 is 2.54 bits per heavy atom. The summed E-state index contributed by atoms with van der Waals surface area (Å²) in [4.78, 5) is 15.5. The second-order valence-corrected chi connectivity index (χ2v) is 9.74. The predicted molar refractivity (Wildman–Crippen MR) is 144 cm³/mol. The molecular formula is C28H31F2N7O2. The van der Waals surface area contributed by atoms with Crippen LogP contribution in [0.15, 0.2) is 60.9 Å². The molecule has 0 radical (unpaired) electrons. The summed E-state index contributed by atoms with van der Waals surface area (Å²) in [7, 11) is 3.45. The van der Waals surface area contributed by atoms with Gasteiger partial charge in [0, 0.05) is 63.1 Å². The highest BCUT2D eigenvalue weighted by Crippen LogP contribution is 2.31. The first-order valence-corrected chi connectivity index (χ1v) is 12.7. The lowest BCUT2D eigenvalue weighted by atomic mass is 9.94. The van der Waals surface area contributed by atoms with E-state index in [0.29, 0.717) is 43.3 Å². The van der Waals surface area contributed by atoms with E-state index in [-0.39, 0.29) is 12.0 Å². The molecule has 2 atom stereocenters. The molecule has 1 aliphatic heterocycles. The van der Waals surface area contributed by atoms with Crippen LogP contribution >= 0.6 is 0 Å². The summed E-state index contributed by atoms with van der Waals surface area (Å²) in [5.41, 5.74) is 3.58. The molecule has 0 aliphatic carbocycles. The number of amides is 2. The highest BCUT2D eigenvalue weighted by molar-refractivity contribution is 5.91. The van der Waals surface area contributed by atoms with E-state index in [1.54, 1.807) is 22.7 Å². The number of para-hydroxylation sites is 1. The molecule has 11 heteroatoms. The van der Waals surface area contributed by atoms with E-state index in [9.17, 15) is 13.6 Å². The molecule has 2 aromatic heterocycles. The minimum atomic E-state index is -0.645. The van der Waals surface area contributed by atoms with Gasteiger partial charge in [-0.2, -0.15) is 10.2 Å². The number of likely N-dealkylation sites (tertiary alicyclic amines) is 1. The number of carbonyl (C=O) groups is 1. The Hall–Kier alpha value is -4.09. The van der Waals surface area contributed by atoms with Crippen molar-refractivity contribution < 1.29 is 18.3 Å². The van der Waals surface area contributed by atoms with Crippen molar-refractivity contribution in [2.24, 2.45) is 7.05 Å². The molecule has 0 unspecified atom stereocenters. The highest BCUT2D eigenvalue weighted by atomic mass is 19.1. The van der Waals surface area contributed by atoms with Crippen LogP contribution in [0, 0.1) is 18.6 Å². The predicted octanol–water partition coefficient (Wildman–Crippen LogP) is 4.10. The van der Waals surface area contributed by atoms with Crippen LogP contribution < -0.4 is 10.6 Å². The van der Waals surface area contributed by atoms with Gasteiger partial charge in [0.25, 0.3) is 0 Å². The molecule has 3 heterocycles. The maximum absolute atomic E-state index is 14.1. The van der Waals surface area contributed by atoms with Crippen molar-refractivity contribution in [1.29, 1.82) is 0 Å². The second kappa shape index (κ2) is 11.3. The lowest BCUT2D eigenvalue weighted by Gasteiger charge is -2.21. The Labute approximate surface area is 225 Å². The van der Waals surface area contributed by atoms with Crippen LogP contribution in [0.3, 0.4) is 0 Å². The Bertz CT molecular complexity index is 1430. The van der Waals surface area contributed by atoms with Crippen molar-refractivity contribution in [2.45, 2.75) is 18.9 Å². The minimum absolute atomic E-state index is 0.302. The van der Waals surface area contributed by atoms with Gasteiger partial charge in [-0.05, 0) is 36.8 Å². The number of carbonyl (C=O) groups excluding carboxylic acids is 1. The number of aryl methyl sites for hydroxylation is 1. The Balaban J connectivity index is 1.42. The fourth-order valence-corrected chi connectivity index (χ4v) is 5.09. The molecular weight excluding hydrogens is 504 g/mol. The van der Waals surface area contributed by atoms with Gasteiger partial charge < -0.3 is 10.1 Å². The SMILES string of the molecule is COCCN1C[C@@H](NC(=O)Nc2c(C)c(-c3cnn(C)c3)nn2-c2ccccc2)[C@H](c2cc(F)cc(F)c2)C1. The van der Waals surface area contributed by atoms with E-state index < -0.39 is 17.7 Å². The molecule has 2 aromatic carbocycles. The maximum Gasteiger partial charge on any atom is 0.320 e. The first kappa shape index (κ1) is 26.5. The summed E-state index contributed by atoms with van der Waals surface area (Å²) < 4.78 is 36.7. The van der Waals surface area contributed by atoms with Gasteiger partial charge in [-0.3, -0.25) is 14.9 Å². The Morgan fingerprint density at radius 1 is 1.13 bits per heavy atom. The van der Waals surface area contributed by atoms with Crippen molar-refractivity contribution in [1.82, 2.24) is 29.8 Å². The molecule has 2 N–H and O–H groups in total. The number of urea groups is 1. The van der Waals surface area contributed by atoms with Gasteiger partial charge in [-0.25, -0.2) is 18.3 Å². The second-order valence-electron chi connectivity index (χ2n) is 9.74. The monoisotopic (exact) mass is 535 g/mol. The van der Waals surface area contributed by atoms with Crippen LogP contribution in [0.5, 0.6) is 0 Å². The van der Waals surface area contributed by atoms with Gasteiger partial charge in [-0.1, -0.05) is 18.2 Å². The smallest absolute Gasteiger partial charge is 0.320 e. The van der Waals surface area contributed by atoms with Gasteiger partial charge in [-0.15, -0.1) is 0 Å². The molecule has 204 valence electrons. The molecule has 9 nitrogen and oxygen atoms in total. The molecule has 2 amide bonds. The van der Waals surface area contributed by atoms with Gasteiger partial charge >= 0.3 is 6.03 Å². The van der Waals surface area contributed by atoms with E-state index in [1.807, 2.05) is 50.5 Å². The van der Waals surface area contributed by atoms with E-state index in [4.69, 9.17) is 9.84 Å². The molecule has 1 fully saturated rings. The van der Waals surface area contributed by atoms with Crippen LogP contribution in [0.25, 0.3) is 16.9 Å². The van der Waals surface area contributed by atoms with Crippen LogP contribution in [-0.4, -0.2) is 69.9 Å².